The number of carbonyl (C=O) groups excluding carboxylic acids is 1. The van der Waals surface area contributed by atoms with Crippen LogP contribution >= 0.6 is 24.0 Å². The van der Waals surface area contributed by atoms with Gasteiger partial charge in [0.25, 0.3) is 5.91 Å². The largest absolute Gasteiger partial charge is 0.459 e. The Balaban J connectivity index is 0.00000363. The first-order chi connectivity index (χ1) is 14.9. The van der Waals surface area contributed by atoms with Crippen molar-refractivity contribution < 1.29 is 9.21 Å². The van der Waals surface area contributed by atoms with Gasteiger partial charge in [0.2, 0.25) is 0 Å². The number of nitrogens with one attached hydrogen (secondary N) is 2. The highest BCUT2D eigenvalue weighted by Gasteiger charge is 2.26. The number of halogens is 1. The number of nitrogens with zero attached hydrogens (tertiary/aromatic N) is 3. The number of amides is 1. The molecule has 0 saturated carbocycles. The monoisotopic (exact) mass is 553 g/mol. The molecule has 2 N–H and O–H groups in total. The van der Waals surface area contributed by atoms with Gasteiger partial charge in [-0.2, -0.15) is 0 Å². The van der Waals surface area contributed by atoms with Crippen molar-refractivity contribution in [3.8, 4) is 0 Å². The Labute approximate surface area is 208 Å². The minimum Gasteiger partial charge on any atom is -0.459 e. The van der Waals surface area contributed by atoms with Crippen LogP contribution in [0.4, 0.5) is 0 Å². The summed E-state index contributed by atoms with van der Waals surface area (Å²) >= 11 is 0. The molecule has 2 heterocycles. The number of hydrogen-bond donors (Lipinski definition) is 2. The third-order valence-corrected chi connectivity index (χ3v) is 5.46. The minimum atomic E-state index is -0.160. The fourth-order valence-electron chi connectivity index (χ4n) is 3.83. The van der Waals surface area contributed by atoms with Crippen LogP contribution < -0.4 is 10.6 Å². The molecule has 0 aliphatic carbocycles. The van der Waals surface area contributed by atoms with Crippen molar-refractivity contribution in [1.82, 2.24) is 20.4 Å². The van der Waals surface area contributed by atoms with E-state index in [1.54, 1.807) is 12.1 Å². The summed E-state index contributed by atoms with van der Waals surface area (Å²) < 4.78 is 5.25. The molecule has 1 aliphatic rings. The van der Waals surface area contributed by atoms with Gasteiger partial charge in [-0.1, -0.05) is 30.3 Å². The van der Waals surface area contributed by atoms with E-state index in [9.17, 15) is 4.79 Å². The predicted molar refractivity (Wildman–Crippen MR) is 140 cm³/mol. The average molecular weight is 553 g/mol. The summed E-state index contributed by atoms with van der Waals surface area (Å²) in [5, 5.41) is 7.10. The van der Waals surface area contributed by atoms with Gasteiger partial charge in [-0.05, 0) is 45.4 Å². The number of guanidine groups is 1. The van der Waals surface area contributed by atoms with Crippen LogP contribution in [0.1, 0.15) is 49.9 Å². The van der Waals surface area contributed by atoms with Crippen LogP contribution in [0.15, 0.2) is 58.1 Å². The van der Waals surface area contributed by atoms with Crippen molar-refractivity contribution in [3.63, 3.8) is 0 Å². The predicted octanol–water partition coefficient (Wildman–Crippen LogP) is 3.75. The van der Waals surface area contributed by atoms with E-state index >= 15 is 0 Å². The molecule has 2 aromatic rings. The van der Waals surface area contributed by atoms with E-state index in [-0.39, 0.29) is 41.5 Å². The van der Waals surface area contributed by atoms with Crippen LogP contribution in [0.5, 0.6) is 0 Å². The number of furan rings is 1. The lowest BCUT2D eigenvalue weighted by atomic mass is 10.0. The zero-order chi connectivity index (χ0) is 22.3. The van der Waals surface area contributed by atoms with E-state index in [0.717, 1.165) is 25.6 Å². The summed E-state index contributed by atoms with van der Waals surface area (Å²) in [5.41, 5.74) is 1.11. The van der Waals surface area contributed by atoms with Crippen LogP contribution in [0, 0.1) is 0 Å². The van der Waals surface area contributed by atoms with Crippen LogP contribution in [0.25, 0.3) is 0 Å². The molecule has 1 aliphatic heterocycles. The third kappa shape index (κ3) is 7.23. The van der Waals surface area contributed by atoms with E-state index in [0.29, 0.717) is 25.4 Å². The average Bonchev–Trinajstić information content (AvgIpc) is 3.31. The quantitative estimate of drug-likeness (QED) is 0.311. The van der Waals surface area contributed by atoms with Gasteiger partial charge in [-0.15, -0.1) is 24.0 Å². The molecule has 0 spiro atoms. The first kappa shape index (κ1) is 26.2. The number of benzene rings is 1. The Morgan fingerprint density at radius 3 is 2.34 bits per heavy atom. The van der Waals surface area contributed by atoms with Crippen LogP contribution in [-0.4, -0.2) is 66.5 Å². The van der Waals surface area contributed by atoms with Gasteiger partial charge in [0.05, 0.1) is 12.8 Å². The van der Waals surface area contributed by atoms with Crippen LogP contribution in [0.2, 0.25) is 0 Å². The lowest BCUT2D eigenvalue weighted by molar-refractivity contribution is 0.0657. The lowest BCUT2D eigenvalue weighted by Gasteiger charge is -2.37. The van der Waals surface area contributed by atoms with Crippen molar-refractivity contribution in [2.24, 2.45) is 4.99 Å². The maximum atomic E-state index is 12.5. The fraction of sp³-hybridized carbons (Fsp3) is 0.500. The Kier molecular flexibility index (Phi) is 10.0. The summed E-state index contributed by atoms with van der Waals surface area (Å²) in [7, 11) is 0. The third-order valence-electron chi connectivity index (χ3n) is 5.46. The molecular weight excluding hydrogens is 517 g/mol. The molecule has 0 bridgehead atoms. The van der Waals surface area contributed by atoms with Gasteiger partial charge in [0.15, 0.2) is 11.7 Å². The lowest BCUT2D eigenvalue weighted by Crippen LogP contribution is -2.54. The second-order valence-corrected chi connectivity index (χ2v) is 8.59. The molecule has 0 radical (unpaired) electrons. The molecule has 1 aromatic heterocycles. The molecule has 176 valence electrons. The second-order valence-electron chi connectivity index (χ2n) is 8.59. The zero-order valence-corrected chi connectivity index (χ0v) is 21.8. The molecule has 1 aromatic carbocycles. The molecule has 3 rings (SSSR count). The van der Waals surface area contributed by atoms with Gasteiger partial charge in [-0.3, -0.25) is 9.79 Å². The first-order valence-electron chi connectivity index (χ1n) is 11.1. The molecule has 1 unspecified atom stereocenters. The molecule has 1 atom stereocenters. The Bertz CT molecular complexity index is 847. The maximum absolute atomic E-state index is 12.5. The van der Waals surface area contributed by atoms with E-state index < -0.39 is 0 Å². The van der Waals surface area contributed by atoms with Crippen molar-refractivity contribution in [2.75, 3.05) is 39.3 Å². The number of aliphatic imine (C=N–C) groups is 1. The molecule has 7 nitrogen and oxygen atoms in total. The van der Waals surface area contributed by atoms with E-state index in [2.05, 4.69) is 67.5 Å². The minimum absolute atomic E-state index is 0. The highest BCUT2D eigenvalue weighted by Crippen LogP contribution is 2.17. The SMILES string of the molecule is CCNC(=NCC(C)(C)NC(C)c1ccccc1)N1CCN(C(=O)c2ccco2)CC1.I. The molecular formula is C24H36IN5O2. The van der Waals surface area contributed by atoms with E-state index in [1.807, 2.05) is 11.0 Å². The normalized spacial score (nSPS) is 15.8. The number of piperazine rings is 1. The summed E-state index contributed by atoms with van der Waals surface area (Å²) in [6.45, 7) is 12.9. The van der Waals surface area contributed by atoms with Crippen molar-refractivity contribution in [3.05, 3.63) is 60.1 Å². The van der Waals surface area contributed by atoms with Crippen molar-refractivity contribution in [2.45, 2.75) is 39.3 Å². The van der Waals surface area contributed by atoms with E-state index in [1.165, 1.54) is 11.8 Å². The Morgan fingerprint density at radius 2 is 1.75 bits per heavy atom. The number of hydrogen-bond acceptors (Lipinski definition) is 4. The topological polar surface area (TPSA) is 73.1 Å². The second kappa shape index (κ2) is 12.2. The number of rotatable bonds is 7. The molecule has 1 fully saturated rings. The van der Waals surface area contributed by atoms with Gasteiger partial charge >= 0.3 is 0 Å². The van der Waals surface area contributed by atoms with Crippen molar-refractivity contribution >= 4 is 35.8 Å². The van der Waals surface area contributed by atoms with Gasteiger partial charge in [0, 0.05) is 44.3 Å². The van der Waals surface area contributed by atoms with Gasteiger partial charge in [-0.25, -0.2) is 0 Å². The van der Waals surface area contributed by atoms with E-state index in [4.69, 9.17) is 9.41 Å². The van der Waals surface area contributed by atoms with Gasteiger partial charge in [0.1, 0.15) is 0 Å². The summed E-state index contributed by atoms with van der Waals surface area (Å²) in [5.74, 6) is 1.25. The molecule has 32 heavy (non-hydrogen) atoms. The Morgan fingerprint density at radius 1 is 1.09 bits per heavy atom. The van der Waals surface area contributed by atoms with Crippen LogP contribution in [0.3, 0.4) is 0 Å². The van der Waals surface area contributed by atoms with Crippen molar-refractivity contribution in [1.29, 1.82) is 0 Å². The summed E-state index contributed by atoms with van der Waals surface area (Å²) in [6, 6.07) is 14.2. The highest BCUT2D eigenvalue weighted by atomic mass is 127. The van der Waals surface area contributed by atoms with Crippen LogP contribution in [-0.2, 0) is 0 Å². The molecule has 8 heteroatoms. The fourth-order valence-corrected chi connectivity index (χ4v) is 3.83. The zero-order valence-electron chi connectivity index (χ0n) is 19.5. The standard InChI is InChI=1S/C24H35N5O2.HI/c1-5-25-23(26-18-24(3,4)27-19(2)20-10-7-6-8-11-20)29-15-13-28(14-16-29)22(30)21-12-9-17-31-21;/h6-12,17,19,27H,5,13-16,18H2,1-4H3,(H,25,26);1H. The molecule has 1 saturated heterocycles. The first-order valence-corrected chi connectivity index (χ1v) is 11.1. The summed E-state index contributed by atoms with van der Waals surface area (Å²) in [6.07, 6.45) is 1.54. The smallest absolute Gasteiger partial charge is 0.289 e. The molecule has 1 amide bonds. The summed E-state index contributed by atoms with van der Waals surface area (Å²) in [4.78, 5) is 21.5. The highest BCUT2D eigenvalue weighted by molar-refractivity contribution is 14.0. The Hall–Kier alpha value is -2.07. The number of carbonyl (C=O) groups is 1. The van der Waals surface area contributed by atoms with Gasteiger partial charge < -0.3 is 24.9 Å². The maximum Gasteiger partial charge on any atom is 0.289 e.